The SMILES string of the molecule is Cc1ccc(CNC(=O)C2CCCN(S(=O)(=O)c3c(C)noc3/C=C/N(C)C)C2)cc1. The van der Waals surface area contributed by atoms with Crippen LogP contribution in [0.3, 0.4) is 0 Å². The van der Waals surface area contributed by atoms with E-state index in [-0.39, 0.29) is 23.1 Å². The quantitative estimate of drug-likeness (QED) is 0.702. The Morgan fingerprint density at radius 1 is 1.29 bits per heavy atom. The molecule has 0 bridgehead atoms. The summed E-state index contributed by atoms with van der Waals surface area (Å²) < 4.78 is 33.3. The molecule has 3 rings (SSSR count). The van der Waals surface area contributed by atoms with E-state index in [0.29, 0.717) is 31.6 Å². The van der Waals surface area contributed by atoms with Gasteiger partial charge in [-0.2, -0.15) is 4.31 Å². The first-order valence-corrected chi connectivity index (χ1v) is 11.8. The molecule has 1 atom stereocenters. The zero-order valence-corrected chi connectivity index (χ0v) is 19.3. The van der Waals surface area contributed by atoms with Gasteiger partial charge in [-0.1, -0.05) is 35.0 Å². The smallest absolute Gasteiger partial charge is 0.248 e. The van der Waals surface area contributed by atoms with Crippen molar-refractivity contribution in [2.24, 2.45) is 5.92 Å². The number of sulfonamides is 1. The Morgan fingerprint density at radius 3 is 2.68 bits per heavy atom. The summed E-state index contributed by atoms with van der Waals surface area (Å²) >= 11 is 0. The number of aryl methyl sites for hydroxylation is 2. The number of benzene rings is 1. The van der Waals surface area contributed by atoms with Crippen molar-refractivity contribution in [1.29, 1.82) is 0 Å². The standard InChI is InChI=1S/C22H30N4O4S/c1-16-7-9-18(10-8-16)14-23-22(27)19-6-5-12-26(15-19)31(28,29)21-17(2)24-30-20(21)11-13-25(3)4/h7-11,13,19H,5-6,12,14-15H2,1-4H3,(H,23,27)/b13-11+. The Labute approximate surface area is 183 Å². The molecule has 0 spiro atoms. The number of nitrogens with zero attached hydrogens (tertiary/aromatic N) is 3. The van der Waals surface area contributed by atoms with Crippen molar-refractivity contribution in [3.63, 3.8) is 0 Å². The van der Waals surface area contributed by atoms with Gasteiger partial charge in [-0.05, 0) is 32.3 Å². The van der Waals surface area contributed by atoms with Crippen LogP contribution in [0.2, 0.25) is 0 Å². The topological polar surface area (TPSA) is 95.8 Å². The van der Waals surface area contributed by atoms with E-state index in [1.165, 1.54) is 4.31 Å². The van der Waals surface area contributed by atoms with E-state index in [9.17, 15) is 13.2 Å². The first-order valence-electron chi connectivity index (χ1n) is 10.3. The number of aromatic nitrogens is 1. The maximum atomic E-state index is 13.4. The lowest BCUT2D eigenvalue weighted by Crippen LogP contribution is -2.45. The van der Waals surface area contributed by atoms with Gasteiger partial charge in [0.1, 0.15) is 5.69 Å². The molecule has 168 valence electrons. The fraction of sp³-hybridized carbons (Fsp3) is 0.455. The molecule has 0 radical (unpaired) electrons. The van der Waals surface area contributed by atoms with Crippen molar-refractivity contribution in [3.8, 4) is 0 Å². The summed E-state index contributed by atoms with van der Waals surface area (Å²) in [5.74, 6) is -0.331. The highest BCUT2D eigenvalue weighted by atomic mass is 32.2. The molecule has 2 heterocycles. The molecular formula is C22H30N4O4S. The minimum atomic E-state index is -3.84. The highest BCUT2D eigenvalue weighted by molar-refractivity contribution is 7.89. The minimum Gasteiger partial charge on any atom is -0.383 e. The predicted octanol–water partition coefficient (Wildman–Crippen LogP) is 2.54. The second kappa shape index (κ2) is 9.65. The van der Waals surface area contributed by atoms with E-state index in [1.54, 1.807) is 24.1 Å². The molecule has 1 aromatic heterocycles. The second-order valence-corrected chi connectivity index (χ2v) is 10.0. The molecule has 8 nitrogen and oxygen atoms in total. The Balaban J connectivity index is 1.71. The summed E-state index contributed by atoms with van der Waals surface area (Å²) in [7, 11) is -0.176. The van der Waals surface area contributed by atoms with Crippen molar-refractivity contribution in [1.82, 2.24) is 19.7 Å². The number of hydrogen-bond acceptors (Lipinski definition) is 6. The Hall–Kier alpha value is -2.65. The molecule has 1 aliphatic heterocycles. The van der Waals surface area contributed by atoms with E-state index in [0.717, 1.165) is 11.1 Å². The molecular weight excluding hydrogens is 416 g/mol. The summed E-state index contributed by atoms with van der Waals surface area (Å²) in [6, 6.07) is 7.95. The normalized spacial score (nSPS) is 17.7. The summed E-state index contributed by atoms with van der Waals surface area (Å²) in [5, 5.41) is 6.79. The summed E-state index contributed by atoms with van der Waals surface area (Å²) in [6.45, 7) is 4.55. The van der Waals surface area contributed by atoms with E-state index < -0.39 is 15.9 Å². The summed E-state index contributed by atoms with van der Waals surface area (Å²) in [4.78, 5) is 14.6. The van der Waals surface area contributed by atoms with Gasteiger partial charge in [0.15, 0.2) is 10.7 Å². The lowest BCUT2D eigenvalue weighted by Gasteiger charge is -2.31. The predicted molar refractivity (Wildman–Crippen MR) is 118 cm³/mol. The van der Waals surface area contributed by atoms with Gasteiger partial charge in [0.2, 0.25) is 15.9 Å². The Kier molecular flexibility index (Phi) is 7.17. The van der Waals surface area contributed by atoms with Crippen LogP contribution < -0.4 is 5.32 Å². The fourth-order valence-corrected chi connectivity index (χ4v) is 5.33. The van der Waals surface area contributed by atoms with Gasteiger partial charge < -0.3 is 14.7 Å². The Bertz CT molecular complexity index is 1040. The summed E-state index contributed by atoms with van der Waals surface area (Å²) in [6.07, 6.45) is 4.57. The van der Waals surface area contributed by atoms with Crippen LogP contribution in [0.4, 0.5) is 0 Å². The van der Waals surface area contributed by atoms with Gasteiger partial charge in [-0.25, -0.2) is 8.42 Å². The van der Waals surface area contributed by atoms with E-state index >= 15 is 0 Å². The largest absolute Gasteiger partial charge is 0.383 e. The van der Waals surface area contributed by atoms with E-state index in [4.69, 9.17) is 4.52 Å². The van der Waals surface area contributed by atoms with Crippen LogP contribution in [0.1, 0.15) is 35.4 Å². The van der Waals surface area contributed by atoms with Crippen LogP contribution in [-0.4, -0.2) is 55.9 Å². The molecule has 9 heteroatoms. The third-order valence-electron chi connectivity index (χ3n) is 5.30. The highest BCUT2D eigenvalue weighted by Gasteiger charge is 2.36. The first kappa shape index (κ1) is 23.0. The van der Waals surface area contributed by atoms with Gasteiger partial charge >= 0.3 is 0 Å². The molecule has 1 N–H and O–H groups in total. The molecule has 2 aromatic rings. The van der Waals surface area contributed by atoms with Crippen molar-refractivity contribution in [2.45, 2.75) is 38.1 Å². The van der Waals surface area contributed by atoms with Crippen molar-refractivity contribution in [3.05, 3.63) is 53.0 Å². The molecule has 1 amide bonds. The van der Waals surface area contributed by atoms with Crippen LogP contribution >= 0.6 is 0 Å². The number of piperidine rings is 1. The van der Waals surface area contributed by atoms with Gasteiger partial charge in [0.25, 0.3) is 0 Å². The van der Waals surface area contributed by atoms with Crippen LogP contribution in [-0.2, 0) is 21.4 Å². The van der Waals surface area contributed by atoms with Crippen LogP contribution in [0.5, 0.6) is 0 Å². The third-order valence-corrected chi connectivity index (χ3v) is 7.32. The van der Waals surface area contributed by atoms with E-state index in [1.807, 2.05) is 45.3 Å². The van der Waals surface area contributed by atoms with Crippen molar-refractivity contribution < 1.29 is 17.7 Å². The molecule has 1 unspecified atom stereocenters. The number of nitrogens with one attached hydrogen (secondary N) is 1. The zero-order chi connectivity index (χ0) is 22.6. The molecule has 0 aliphatic carbocycles. The second-order valence-electron chi connectivity index (χ2n) is 8.15. The summed E-state index contributed by atoms with van der Waals surface area (Å²) in [5.41, 5.74) is 2.48. The maximum Gasteiger partial charge on any atom is 0.248 e. The number of rotatable bonds is 7. The Morgan fingerprint density at radius 2 is 2.00 bits per heavy atom. The van der Waals surface area contributed by atoms with E-state index in [2.05, 4.69) is 10.5 Å². The monoisotopic (exact) mass is 446 g/mol. The van der Waals surface area contributed by atoms with Crippen LogP contribution in [0, 0.1) is 19.8 Å². The fourth-order valence-electron chi connectivity index (χ4n) is 3.56. The number of amides is 1. The molecule has 1 aliphatic rings. The van der Waals surface area contributed by atoms with Crippen LogP contribution in [0.25, 0.3) is 6.08 Å². The zero-order valence-electron chi connectivity index (χ0n) is 18.5. The molecule has 31 heavy (non-hydrogen) atoms. The number of carbonyl (C=O) groups excluding carboxylic acids is 1. The van der Waals surface area contributed by atoms with Gasteiger partial charge in [-0.3, -0.25) is 4.79 Å². The lowest BCUT2D eigenvalue weighted by molar-refractivity contribution is -0.126. The van der Waals surface area contributed by atoms with Crippen molar-refractivity contribution >= 4 is 22.0 Å². The first-order chi connectivity index (χ1) is 14.7. The molecule has 1 aromatic carbocycles. The highest BCUT2D eigenvalue weighted by Crippen LogP contribution is 2.29. The molecule has 1 saturated heterocycles. The van der Waals surface area contributed by atoms with Gasteiger partial charge in [-0.15, -0.1) is 0 Å². The van der Waals surface area contributed by atoms with Crippen molar-refractivity contribution in [2.75, 3.05) is 27.2 Å². The van der Waals surface area contributed by atoms with Crippen LogP contribution in [0.15, 0.2) is 39.9 Å². The average Bonchev–Trinajstić information content (AvgIpc) is 3.13. The average molecular weight is 447 g/mol. The maximum absolute atomic E-state index is 13.4. The van der Waals surface area contributed by atoms with Gasteiger partial charge in [0, 0.05) is 46.0 Å². The minimum absolute atomic E-state index is 0.0614. The molecule has 0 saturated carbocycles. The number of carbonyl (C=O) groups is 1. The van der Waals surface area contributed by atoms with Gasteiger partial charge in [0.05, 0.1) is 5.92 Å². The third kappa shape index (κ3) is 5.54. The lowest BCUT2D eigenvalue weighted by atomic mass is 9.98. The molecule has 1 fully saturated rings. The number of hydrogen-bond donors (Lipinski definition) is 1.